The van der Waals surface area contributed by atoms with Gasteiger partial charge in [0.15, 0.2) is 6.61 Å². The second-order valence-electron chi connectivity index (χ2n) is 7.99. The van der Waals surface area contributed by atoms with Crippen molar-refractivity contribution >= 4 is 41.0 Å². The fraction of sp³-hybridized carbons (Fsp3) is 0.333. The van der Waals surface area contributed by atoms with E-state index in [9.17, 15) is 23.6 Å². The molecule has 0 atom stereocenters. The average molecular weight is 490 g/mol. The van der Waals surface area contributed by atoms with Crippen molar-refractivity contribution in [1.82, 2.24) is 9.80 Å². The number of amides is 3. The zero-order chi connectivity index (χ0) is 24.7. The lowest BCUT2D eigenvalue weighted by molar-refractivity contribution is -0.156. The van der Waals surface area contributed by atoms with Crippen LogP contribution in [0.5, 0.6) is 0 Å². The van der Waals surface area contributed by atoms with Crippen molar-refractivity contribution < 1.29 is 28.3 Å². The molecular formula is C24H25ClFN3O5. The van der Waals surface area contributed by atoms with Gasteiger partial charge in [-0.25, -0.2) is 4.39 Å². The summed E-state index contributed by atoms with van der Waals surface area (Å²) in [6.07, 6.45) is 0.866. The predicted molar refractivity (Wildman–Crippen MR) is 124 cm³/mol. The molecule has 8 nitrogen and oxygen atoms in total. The number of nitrogens with one attached hydrogen (secondary N) is 1. The van der Waals surface area contributed by atoms with Gasteiger partial charge in [0, 0.05) is 36.4 Å². The molecule has 1 aliphatic heterocycles. The molecular weight excluding hydrogens is 465 g/mol. The third kappa shape index (κ3) is 7.02. The van der Waals surface area contributed by atoms with Crippen LogP contribution in [0.1, 0.15) is 23.2 Å². The Morgan fingerprint density at radius 2 is 1.68 bits per heavy atom. The van der Waals surface area contributed by atoms with Crippen molar-refractivity contribution in [2.45, 2.75) is 12.8 Å². The second kappa shape index (κ2) is 11.6. The summed E-state index contributed by atoms with van der Waals surface area (Å²) in [6, 6.07) is 11.9. The summed E-state index contributed by atoms with van der Waals surface area (Å²) in [5.41, 5.74) is 0.932. The normalized spacial score (nSPS) is 13.8. The molecule has 0 aromatic heterocycles. The van der Waals surface area contributed by atoms with Crippen LogP contribution in [0.25, 0.3) is 0 Å². The van der Waals surface area contributed by atoms with Crippen LogP contribution in [-0.2, 0) is 19.1 Å². The standard InChI is InChI=1S/C24H25ClFN3O5/c1-28(14-21(30)27-20-8-6-19(26)7-9-20)22(31)15-34-24(33)17-10-12-29(13-11-17)23(32)16-2-4-18(25)5-3-16/h2-9,17H,10-15H2,1H3,(H,27,30). The molecule has 3 rings (SSSR count). The maximum absolute atomic E-state index is 12.9. The Morgan fingerprint density at radius 3 is 2.29 bits per heavy atom. The molecule has 1 saturated heterocycles. The van der Waals surface area contributed by atoms with Crippen molar-refractivity contribution in [3.05, 3.63) is 64.9 Å². The number of anilines is 1. The fourth-order valence-corrected chi connectivity index (χ4v) is 3.62. The largest absolute Gasteiger partial charge is 0.455 e. The summed E-state index contributed by atoms with van der Waals surface area (Å²) in [5, 5.41) is 3.10. The van der Waals surface area contributed by atoms with E-state index in [2.05, 4.69) is 5.32 Å². The maximum Gasteiger partial charge on any atom is 0.309 e. The molecule has 10 heteroatoms. The van der Waals surface area contributed by atoms with Gasteiger partial charge in [0.2, 0.25) is 5.91 Å². The molecule has 0 spiro atoms. The third-order valence-corrected chi connectivity index (χ3v) is 5.73. The van der Waals surface area contributed by atoms with E-state index in [1.807, 2.05) is 0 Å². The summed E-state index contributed by atoms with van der Waals surface area (Å²) in [6.45, 7) is 0.0688. The number of hydrogen-bond donors (Lipinski definition) is 1. The first-order valence-corrected chi connectivity index (χ1v) is 11.1. The number of piperidine rings is 1. The smallest absolute Gasteiger partial charge is 0.309 e. The average Bonchev–Trinajstić information content (AvgIpc) is 2.83. The Labute approximate surface area is 201 Å². The molecule has 0 saturated carbocycles. The molecule has 1 heterocycles. The minimum absolute atomic E-state index is 0.126. The minimum Gasteiger partial charge on any atom is -0.455 e. The number of likely N-dealkylation sites (tertiary alicyclic amines) is 1. The van der Waals surface area contributed by atoms with Gasteiger partial charge in [-0.3, -0.25) is 19.2 Å². The van der Waals surface area contributed by atoms with E-state index in [1.165, 1.54) is 31.3 Å². The summed E-state index contributed by atoms with van der Waals surface area (Å²) < 4.78 is 18.1. The molecule has 180 valence electrons. The van der Waals surface area contributed by atoms with Gasteiger partial charge in [0.1, 0.15) is 5.82 Å². The van der Waals surface area contributed by atoms with E-state index in [0.29, 0.717) is 42.2 Å². The molecule has 3 amide bonds. The lowest BCUT2D eigenvalue weighted by Gasteiger charge is -2.31. The van der Waals surface area contributed by atoms with Crippen LogP contribution in [0, 0.1) is 11.7 Å². The Kier molecular flexibility index (Phi) is 8.59. The van der Waals surface area contributed by atoms with Gasteiger partial charge in [-0.2, -0.15) is 0 Å². The van der Waals surface area contributed by atoms with Gasteiger partial charge in [0.05, 0.1) is 12.5 Å². The van der Waals surface area contributed by atoms with Crippen LogP contribution < -0.4 is 5.32 Å². The van der Waals surface area contributed by atoms with Gasteiger partial charge < -0.3 is 19.9 Å². The first-order chi connectivity index (χ1) is 16.2. The Bertz CT molecular complexity index is 1040. The number of nitrogens with zero attached hydrogens (tertiary/aromatic N) is 2. The molecule has 2 aromatic rings. The van der Waals surface area contributed by atoms with Crippen LogP contribution in [0.15, 0.2) is 48.5 Å². The van der Waals surface area contributed by atoms with Crippen LogP contribution in [0.4, 0.5) is 10.1 Å². The number of esters is 1. The number of benzene rings is 2. The van der Waals surface area contributed by atoms with E-state index in [4.69, 9.17) is 16.3 Å². The summed E-state index contributed by atoms with van der Waals surface area (Å²) in [7, 11) is 1.42. The molecule has 0 radical (unpaired) electrons. The van der Waals surface area contributed by atoms with Crippen LogP contribution >= 0.6 is 11.6 Å². The van der Waals surface area contributed by atoms with E-state index in [1.54, 1.807) is 29.2 Å². The van der Waals surface area contributed by atoms with Crippen molar-refractivity contribution in [3.8, 4) is 0 Å². The Hall–Kier alpha value is -3.46. The van der Waals surface area contributed by atoms with Gasteiger partial charge in [0.25, 0.3) is 11.8 Å². The molecule has 1 aliphatic rings. The van der Waals surface area contributed by atoms with Gasteiger partial charge >= 0.3 is 5.97 Å². The van der Waals surface area contributed by atoms with Gasteiger partial charge in [-0.15, -0.1) is 0 Å². The van der Waals surface area contributed by atoms with E-state index < -0.39 is 36.1 Å². The van der Waals surface area contributed by atoms with Crippen molar-refractivity contribution in [1.29, 1.82) is 0 Å². The first kappa shape index (κ1) is 25.2. The van der Waals surface area contributed by atoms with Crippen molar-refractivity contribution in [3.63, 3.8) is 0 Å². The molecule has 1 fully saturated rings. The number of carbonyl (C=O) groups excluding carboxylic acids is 4. The predicted octanol–water partition coefficient (Wildman–Crippen LogP) is 2.97. The number of carbonyl (C=O) groups is 4. The SMILES string of the molecule is CN(CC(=O)Nc1ccc(F)cc1)C(=O)COC(=O)C1CCN(C(=O)c2ccc(Cl)cc2)CC1. The van der Waals surface area contributed by atoms with E-state index in [-0.39, 0.29) is 12.5 Å². The maximum atomic E-state index is 12.9. The van der Waals surface area contributed by atoms with Crippen molar-refractivity contribution in [2.24, 2.45) is 5.92 Å². The summed E-state index contributed by atoms with van der Waals surface area (Å²) in [5.74, 6) is -2.46. The monoisotopic (exact) mass is 489 g/mol. The quantitative estimate of drug-likeness (QED) is 0.603. The topological polar surface area (TPSA) is 96.0 Å². The highest BCUT2D eigenvalue weighted by atomic mass is 35.5. The minimum atomic E-state index is -0.530. The summed E-state index contributed by atoms with van der Waals surface area (Å²) in [4.78, 5) is 52.1. The Balaban J connectivity index is 1.38. The first-order valence-electron chi connectivity index (χ1n) is 10.7. The van der Waals surface area contributed by atoms with Crippen LogP contribution in [-0.4, -0.2) is 66.8 Å². The molecule has 0 aliphatic carbocycles. The highest BCUT2D eigenvalue weighted by Crippen LogP contribution is 2.21. The van der Waals surface area contributed by atoms with E-state index >= 15 is 0 Å². The van der Waals surface area contributed by atoms with Crippen molar-refractivity contribution in [2.75, 3.05) is 38.6 Å². The third-order valence-electron chi connectivity index (χ3n) is 5.48. The summed E-state index contributed by atoms with van der Waals surface area (Å²) >= 11 is 5.86. The number of hydrogen-bond acceptors (Lipinski definition) is 5. The second-order valence-corrected chi connectivity index (χ2v) is 8.42. The van der Waals surface area contributed by atoms with Gasteiger partial charge in [-0.1, -0.05) is 11.6 Å². The zero-order valence-electron chi connectivity index (χ0n) is 18.6. The fourth-order valence-electron chi connectivity index (χ4n) is 3.49. The van der Waals surface area contributed by atoms with Gasteiger partial charge in [-0.05, 0) is 61.4 Å². The lowest BCUT2D eigenvalue weighted by Crippen LogP contribution is -2.41. The molecule has 0 bridgehead atoms. The number of halogens is 2. The number of rotatable bonds is 7. The molecule has 1 N–H and O–H groups in total. The van der Waals surface area contributed by atoms with Crippen LogP contribution in [0.2, 0.25) is 5.02 Å². The van der Waals surface area contributed by atoms with Crippen LogP contribution in [0.3, 0.4) is 0 Å². The molecule has 2 aromatic carbocycles. The molecule has 34 heavy (non-hydrogen) atoms. The highest BCUT2D eigenvalue weighted by molar-refractivity contribution is 6.30. The lowest BCUT2D eigenvalue weighted by atomic mass is 9.96. The number of likely N-dealkylation sites (N-methyl/N-ethyl adjacent to an activating group) is 1. The van der Waals surface area contributed by atoms with E-state index in [0.717, 1.165) is 4.90 Å². The molecule has 0 unspecified atom stereocenters. The zero-order valence-corrected chi connectivity index (χ0v) is 19.4. The highest BCUT2D eigenvalue weighted by Gasteiger charge is 2.29. The Morgan fingerprint density at radius 1 is 1.06 bits per heavy atom. The number of ether oxygens (including phenoxy) is 1.